The molecule has 158 valence electrons. The summed E-state index contributed by atoms with van der Waals surface area (Å²) in [4.78, 5) is 25.2. The van der Waals surface area contributed by atoms with Crippen molar-refractivity contribution in [2.24, 2.45) is 0 Å². The third-order valence-corrected chi connectivity index (χ3v) is 6.56. The number of allylic oxidation sites excluding steroid dienone is 3. The molecule has 0 saturated heterocycles. The second-order valence-corrected chi connectivity index (χ2v) is 9.09. The Kier molecular flexibility index (Phi) is 7.27. The van der Waals surface area contributed by atoms with Gasteiger partial charge in [-0.3, -0.25) is 9.59 Å². The van der Waals surface area contributed by atoms with Gasteiger partial charge in [0, 0.05) is 21.9 Å². The Bertz CT molecular complexity index is 1180. The van der Waals surface area contributed by atoms with Crippen molar-refractivity contribution in [2.45, 2.75) is 26.7 Å². The molecule has 4 nitrogen and oxygen atoms in total. The number of nitrogens with zero attached hydrogens (tertiary/aromatic N) is 1. The van der Waals surface area contributed by atoms with Crippen LogP contribution in [-0.2, 0) is 4.79 Å². The van der Waals surface area contributed by atoms with Crippen LogP contribution in [-0.4, -0.2) is 17.3 Å². The van der Waals surface area contributed by atoms with Gasteiger partial charge in [0.25, 0.3) is 0 Å². The van der Waals surface area contributed by atoms with Crippen molar-refractivity contribution < 1.29 is 9.59 Å². The minimum absolute atomic E-state index is 0.0663. The molecule has 1 aliphatic rings. The van der Waals surface area contributed by atoms with Gasteiger partial charge in [-0.2, -0.15) is 5.26 Å². The number of carbonyl (C=O) groups excluding carboxylic acids is 2. The van der Waals surface area contributed by atoms with Crippen LogP contribution in [0.4, 0.5) is 0 Å². The summed E-state index contributed by atoms with van der Waals surface area (Å²) >= 11 is 13.4. The van der Waals surface area contributed by atoms with Gasteiger partial charge in [-0.05, 0) is 44.5 Å². The smallest absolute Gasteiger partial charge is 0.174 e. The van der Waals surface area contributed by atoms with Crippen molar-refractivity contribution in [2.75, 3.05) is 5.75 Å². The fraction of sp³-hybridized carbons (Fsp3) is 0.208. The maximum absolute atomic E-state index is 12.7. The van der Waals surface area contributed by atoms with Gasteiger partial charge in [-0.15, -0.1) is 0 Å². The number of dihydropyridines is 1. The molecule has 1 heterocycles. The number of Topliss-reactive ketones (excluding diaryl/α,β-unsaturated/α-hetero) is 2. The summed E-state index contributed by atoms with van der Waals surface area (Å²) in [5.41, 5.74) is 3.88. The molecule has 0 aliphatic carbocycles. The highest BCUT2D eigenvalue weighted by Crippen LogP contribution is 2.41. The van der Waals surface area contributed by atoms with E-state index in [1.807, 2.05) is 38.1 Å². The van der Waals surface area contributed by atoms with E-state index in [-0.39, 0.29) is 17.3 Å². The zero-order valence-corrected chi connectivity index (χ0v) is 19.6. The minimum atomic E-state index is -0.490. The zero-order chi connectivity index (χ0) is 22.7. The van der Waals surface area contributed by atoms with Crippen LogP contribution in [0, 0.1) is 18.3 Å². The Labute approximate surface area is 195 Å². The van der Waals surface area contributed by atoms with Gasteiger partial charge in [-0.25, -0.2) is 0 Å². The SMILES string of the molecule is CC(=O)C1=C(C)NC(SCC(=O)c2cc(Cl)ccc2Cl)=C(C#N)[C@H]1c1cccc(C)c1. The minimum Gasteiger partial charge on any atom is -0.353 e. The average molecular weight is 471 g/mol. The van der Waals surface area contributed by atoms with Crippen molar-refractivity contribution in [1.29, 1.82) is 5.26 Å². The maximum atomic E-state index is 12.7. The predicted octanol–water partition coefficient (Wildman–Crippen LogP) is 6.20. The molecule has 1 aliphatic heterocycles. The number of nitrogens with one attached hydrogen (secondary N) is 1. The van der Waals surface area contributed by atoms with E-state index in [2.05, 4.69) is 11.4 Å². The molecule has 0 aromatic heterocycles. The van der Waals surface area contributed by atoms with Crippen molar-refractivity contribution in [3.05, 3.63) is 91.1 Å². The van der Waals surface area contributed by atoms with Crippen molar-refractivity contribution >= 4 is 46.5 Å². The average Bonchev–Trinajstić information content (AvgIpc) is 2.72. The normalized spacial score (nSPS) is 16.1. The van der Waals surface area contributed by atoms with Crippen LogP contribution in [0.15, 0.2) is 64.3 Å². The summed E-state index contributed by atoms with van der Waals surface area (Å²) in [6, 6.07) is 14.8. The van der Waals surface area contributed by atoms with E-state index in [1.165, 1.54) is 24.8 Å². The van der Waals surface area contributed by atoms with Crippen LogP contribution in [0.25, 0.3) is 0 Å². The molecular formula is C24H20Cl2N2O2S. The van der Waals surface area contributed by atoms with Gasteiger partial charge in [0.2, 0.25) is 0 Å². The fourth-order valence-electron chi connectivity index (χ4n) is 3.60. The monoisotopic (exact) mass is 470 g/mol. The fourth-order valence-corrected chi connectivity index (χ4v) is 4.97. The highest BCUT2D eigenvalue weighted by molar-refractivity contribution is 8.03. The molecule has 31 heavy (non-hydrogen) atoms. The van der Waals surface area contributed by atoms with Crippen molar-refractivity contribution in [3.63, 3.8) is 0 Å². The number of hydrogen-bond donors (Lipinski definition) is 1. The van der Waals surface area contributed by atoms with E-state index in [0.717, 1.165) is 11.1 Å². The first-order valence-corrected chi connectivity index (χ1v) is 11.3. The van der Waals surface area contributed by atoms with E-state index in [1.54, 1.807) is 12.1 Å². The van der Waals surface area contributed by atoms with Gasteiger partial charge in [0.1, 0.15) is 0 Å². The second-order valence-electron chi connectivity index (χ2n) is 7.26. The lowest BCUT2D eigenvalue weighted by atomic mass is 9.80. The molecule has 0 unspecified atom stereocenters. The van der Waals surface area contributed by atoms with Crippen molar-refractivity contribution in [1.82, 2.24) is 5.32 Å². The van der Waals surface area contributed by atoms with Gasteiger partial charge in [0.15, 0.2) is 11.6 Å². The number of carbonyl (C=O) groups is 2. The number of hydrogen-bond acceptors (Lipinski definition) is 5. The second kappa shape index (κ2) is 9.74. The largest absolute Gasteiger partial charge is 0.353 e. The van der Waals surface area contributed by atoms with Crippen LogP contribution in [0.2, 0.25) is 10.0 Å². The third-order valence-electron chi connectivity index (χ3n) is 4.98. The summed E-state index contributed by atoms with van der Waals surface area (Å²) in [5, 5.41) is 14.5. The number of ketones is 2. The third kappa shape index (κ3) is 5.04. The first-order valence-electron chi connectivity index (χ1n) is 9.53. The Balaban J connectivity index is 1.98. The van der Waals surface area contributed by atoms with Crippen LogP contribution in [0.1, 0.15) is 41.3 Å². The Hall–Kier alpha value is -2.52. The Morgan fingerprint density at radius 3 is 2.55 bits per heavy atom. The molecule has 0 amide bonds. The lowest BCUT2D eigenvalue weighted by Crippen LogP contribution is -2.27. The highest BCUT2D eigenvalue weighted by Gasteiger charge is 2.33. The summed E-state index contributed by atoms with van der Waals surface area (Å²) in [6.45, 7) is 5.28. The maximum Gasteiger partial charge on any atom is 0.174 e. The molecular weight excluding hydrogens is 451 g/mol. The molecule has 7 heteroatoms. The molecule has 1 N–H and O–H groups in total. The molecule has 0 bridgehead atoms. The first kappa shape index (κ1) is 23.1. The van der Waals surface area contributed by atoms with Gasteiger partial charge < -0.3 is 5.32 Å². The Morgan fingerprint density at radius 1 is 1.16 bits per heavy atom. The van der Waals surface area contributed by atoms with E-state index < -0.39 is 5.92 Å². The summed E-state index contributed by atoms with van der Waals surface area (Å²) in [6.07, 6.45) is 0. The lowest BCUT2D eigenvalue weighted by Gasteiger charge is -2.29. The molecule has 3 rings (SSSR count). The number of rotatable bonds is 6. The molecule has 1 atom stereocenters. The van der Waals surface area contributed by atoms with E-state index in [4.69, 9.17) is 23.2 Å². The molecule has 0 fully saturated rings. The standard InChI is InChI=1S/C24H20Cl2N2O2S/c1-13-5-4-6-16(9-13)23-19(11-27)24(28-14(2)22(23)15(3)29)31-12-21(30)18-10-17(25)7-8-20(18)26/h4-10,23,28H,12H2,1-3H3/t23-/m1/s1. The van der Waals surface area contributed by atoms with Gasteiger partial charge in [-0.1, -0.05) is 64.8 Å². The predicted molar refractivity (Wildman–Crippen MR) is 126 cm³/mol. The molecule has 2 aromatic rings. The Morgan fingerprint density at radius 2 is 1.90 bits per heavy atom. The van der Waals surface area contributed by atoms with Gasteiger partial charge >= 0.3 is 0 Å². The van der Waals surface area contributed by atoms with Crippen LogP contribution in [0.3, 0.4) is 0 Å². The summed E-state index contributed by atoms with van der Waals surface area (Å²) in [5.74, 6) is -0.724. The number of aryl methyl sites for hydroxylation is 1. The van der Waals surface area contributed by atoms with Crippen LogP contribution < -0.4 is 5.32 Å². The number of benzene rings is 2. The van der Waals surface area contributed by atoms with E-state index in [9.17, 15) is 14.9 Å². The molecule has 2 aromatic carbocycles. The van der Waals surface area contributed by atoms with Crippen LogP contribution in [0.5, 0.6) is 0 Å². The number of thioether (sulfide) groups is 1. The summed E-state index contributed by atoms with van der Waals surface area (Å²) in [7, 11) is 0. The topological polar surface area (TPSA) is 70.0 Å². The quantitative estimate of drug-likeness (QED) is 0.508. The van der Waals surface area contributed by atoms with Crippen LogP contribution >= 0.6 is 35.0 Å². The highest BCUT2D eigenvalue weighted by atomic mass is 35.5. The first-order chi connectivity index (χ1) is 14.7. The summed E-state index contributed by atoms with van der Waals surface area (Å²) < 4.78 is 0. The van der Waals surface area contributed by atoms with Crippen molar-refractivity contribution in [3.8, 4) is 6.07 Å². The molecule has 0 radical (unpaired) electrons. The van der Waals surface area contributed by atoms with Gasteiger partial charge in [0.05, 0.1) is 33.4 Å². The van der Waals surface area contributed by atoms with E-state index >= 15 is 0 Å². The lowest BCUT2D eigenvalue weighted by molar-refractivity contribution is -0.113. The van der Waals surface area contributed by atoms with E-state index in [0.29, 0.717) is 37.5 Å². The molecule has 0 spiro atoms. The zero-order valence-electron chi connectivity index (χ0n) is 17.3. The molecule has 0 saturated carbocycles. The number of nitriles is 1. The number of halogens is 2.